The molecule has 0 aromatic heterocycles. The SMILES string of the molecule is CC(C)(C)OC(=O)N1CCC(CN)C1.Cl.Cl. The average molecular weight is 273 g/mol. The van der Waals surface area contributed by atoms with Crippen LogP contribution < -0.4 is 5.73 Å². The predicted molar refractivity (Wildman–Crippen MR) is 69.5 cm³/mol. The van der Waals surface area contributed by atoms with Gasteiger partial charge in [-0.2, -0.15) is 0 Å². The molecule has 1 unspecified atom stereocenters. The second-order valence-electron chi connectivity index (χ2n) is 4.82. The highest BCUT2D eigenvalue weighted by atomic mass is 35.5. The smallest absolute Gasteiger partial charge is 0.410 e. The molecular weight excluding hydrogens is 251 g/mol. The molecule has 1 atom stereocenters. The molecule has 0 saturated carbocycles. The van der Waals surface area contributed by atoms with Gasteiger partial charge in [-0.15, -0.1) is 24.8 Å². The third-order valence-corrected chi connectivity index (χ3v) is 2.27. The molecule has 0 radical (unpaired) electrons. The minimum Gasteiger partial charge on any atom is -0.444 e. The summed E-state index contributed by atoms with van der Waals surface area (Å²) in [4.78, 5) is 13.3. The molecule has 4 nitrogen and oxygen atoms in total. The normalized spacial score (nSPS) is 19.8. The van der Waals surface area contributed by atoms with Crippen LogP contribution >= 0.6 is 24.8 Å². The summed E-state index contributed by atoms with van der Waals surface area (Å²) in [5, 5.41) is 0. The monoisotopic (exact) mass is 272 g/mol. The Kier molecular flexibility index (Phi) is 8.18. The van der Waals surface area contributed by atoms with E-state index in [1.807, 2.05) is 20.8 Å². The van der Waals surface area contributed by atoms with E-state index in [2.05, 4.69) is 0 Å². The van der Waals surface area contributed by atoms with Crippen LogP contribution in [0.4, 0.5) is 4.79 Å². The maximum absolute atomic E-state index is 11.6. The summed E-state index contributed by atoms with van der Waals surface area (Å²) in [6, 6.07) is 0. The largest absolute Gasteiger partial charge is 0.444 e. The van der Waals surface area contributed by atoms with Crippen molar-refractivity contribution in [2.45, 2.75) is 32.8 Å². The number of amides is 1. The topological polar surface area (TPSA) is 55.6 Å². The predicted octanol–water partition coefficient (Wildman–Crippen LogP) is 2.05. The summed E-state index contributed by atoms with van der Waals surface area (Å²) in [6.45, 7) is 7.80. The molecule has 0 bridgehead atoms. The zero-order valence-electron chi connectivity index (χ0n) is 10.1. The summed E-state index contributed by atoms with van der Waals surface area (Å²) in [7, 11) is 0. The van der Waals surface area contributed by atoms with E-state index in [9.17, 15) is 4.79 Å². The van der Waals surface area contributed by atoms with Gasteiger partial charge in [-0.1, -0.05) is 0 Å². The molecule has 0 aromatic carbocycles. The average Bonchev–Trinajstić information content (AvgIpc) is 2.48. The molecule has 1 aliphatic heterocycles. The van der Waals surface area contributed by atoms with Crippen LogP contribution in [0.2, 0.25) is 0 Å². The zero-order chi connectivity index (χ0) is 10.8. The number of likely N-dealkylation sites (tertiary alicyclic amines) is 1. The van der Waals surface area contributed by atoms with Crippen molar-refractivity contribution >= 4 is 30.9 Å². The van der Waals surface area contributed by atoms with Crippen molar-refractivity contribution in [3.8, 4) is 0 Å². The summed E-state index contributed by atoms with van der Waals surface area (Å²) < 4.78 is 5.26. The standard InChI is InChI=1S/C10H20N2O2.2ClH/c1-10(2,3)14-9(13)12-5-4-8(6-11)7-12;;/h8H,4-7,11H2,1-3H3;2*1H. The Balaban J connectivity index is 0. The number of rotatable bonds is 1. The first-order chi connectivity index (χ1) is 6.42. The lowest BCUT2D eigenvalue weighted by molar-refractivity contribution is 0.0289. The maximum atomic E-state index is 11.6. The molecule has 1 fully saturated rings. The Morgan fingerprint density at radius 3 is 2.38 bits per heavy atom. The minimum atomic E-state index is -0.405. The summed E-state index contributed by atoms with van der Waals surface area (Å²) in [5.74, 6) is 0.447. The molecule has 1 rings (SSSR count). The molecule has 6 heteroatoms. The Hall–Kier alpha value is -0.190. The Labute approximate surface area is 110 Å². The number of ether oxygens (including phenoxy) is 1. The first-order valence-electron chi connectivity index (χ1n) is 5.10. The number of nitrogens with two attached hydrogens (primary N) is 1. The number of hydrogen-bond acceptors (Lipinski definition) is 3. The lowest BCUT2D eigenvalue weighted by Crippen LogP contribution is -2.35. The van der Waals surface area contributed by atoms with Crippen molar-refractivity contribution < 1.29 is 9.53 Å². The summed E-state index contributed by atoms with van der Waals surface area (Å²) >= 11 is 0. The summed E-state index contributed by atoms with van der Waals surface area (Å²) in [6.07, 6.45) is 0.781. The number of carbonyl (C=O) groups excluding carboxylic acids is 1. The Bertz CT molecular complexity index is 219. The van der Waals surface area contributed by atoms with Gasteiger partial charge in [0.25, 0.3) is 0 Å². The van der Waals surface area contributed by atoms with E-state index in [-0.39, 0.29) is 30.9 Å². The Morgan fingerprint density at radius 1 is 1.44 bits per heavy atom. The van der Waals surface area contributed by atoms with Crippen molar-refractivity contribution in [3.05, 3.63) is 0 Å². The van der Waals surface area contributed by atoms with Crippen LogP contribution in [0, 0.1) is 5.92 Å². The molecule has 98 valence electrons. The quantitative estimate of drug-likeness (QED) is 0.795. The number of nitrogens with zero attached hydrogens (tertiary/aromatic N) is 1. The van der Waals surface area contributed by atoms with Gasteiger partial charge in [0.05, 0.1) is 0 Å². The fourth-order valence-corrected chi connectivity index (χ4v) is 1.52. The molecule has 0 spiro atoms. The van der Waals surface area contributed by atoms with Gasteiger partial charge in [0, 0.05) is 13.1 Å². The van der Waals surface area contributed by atoms with Gasteiger partial charge in [0.1, 0.15) is 5.60 Å². The fraction of sp³-hybridized carbons (Fsp3) is 0.900. The van der Waals surface area contributed by atoms with E-state index < -0.39 is 5.60 Å². The number of halogens is 2. The highest BCUT2D eigenvalue weighted by Crippen LogP contribution is 2.18. The van der Waals surface area contributed by atoms with E-state index in [0.717, 1.165) is 19.5 Å². The van der Waals surface area contributed by atoms with E-state index in [1.54, 1.807) is 4.90 Å². The second-order valence-corrected chi connectivity index (χ2v) is 4.82. The molecular formula is C10H22Cl2N2O2. The van der Waals surface area contributed by atoms with Crippen LogP contribution in [0.25, 0.3) is 0 Å². The van der Waals surface area contributed by atoms with Gasteiger partial charge >= 0.3 is 6.09 Å². The van der Waals surface area contributed by atoms with Crippen molar-refractivity contribution in [2.75, 3.05) is 19.6 Å². The molecule has 0 aliphatic carbocycles. The van der Waals surface area contributed by atoms with Crippen LogP contribution in [0.3, 0.4) is 0 Å². The van der Waals surface area contributed by atoms with Crippen LogP contribution in [-0.4, -0.2) is 36.2 Å². The summed E-state index contributed by atoms with van der Waals surface area (Å²) in [5.41, 5.74) is 5.14. The van der Waals surface area contributed by atoms with Crippen LogP contribution in [0.5, 0.6) is 0 Å². The first kappa shape index (κ1) is 18.2. The zero-order valence-corrected chi connectivity index (χ0v) is 11.7. The van der Waals surface area contributed by atoms with Crippen LogP contribution in [0.1, 0.15) is 27.2 Å². The van der Waals surface area contributed by atoms with Crippen molar-refractivity contribution in [2.24, 2.45) is 11.7 Å². The molecule has 1 aliphatic rings. The van der Waals surface area contributed by atoms with Crippen LogP contribution in [0.15, 0.2) is 0 Å². The van der Waals surface area contributed by atoms with Crippen LogP contribution in [-0.2, 0) is 4.74 Å². The van der Waals surface area contributed by atoms with Gasteiger partial charge in [0.2, 0.25) is 0 Å². The van der Waals surface area contributed by atoms with E-state index >= 15 is 0 Å². The third kappa shape index (κ3) is 5.77. The van der Waals surface area contributed by atoms with Gasteiger partial charge in [-0.25, -0.2) is 4.79 Å². The highest BCUT2D eigenvalue weighted by Gasteiger charge is 2.28. The van der Waals surface area contributed by atoms with Crippen molar-refractivity contribution in [1.82, 2.24) is 4.90 Å². The van der Waals surface area contributed by atoms with E-state index in [0.29, 0.717) is 12.5 Å². The Morgan fingerprint density at radius 2 is 2.00 bits per heavy atom. The van der Waals surface area contributed by atoms with Crippen molar-refractivity contribution in [3.63, 3.8) is 0 Å². The van der Waals surface area contributed by atoms with Gasteiger partial charge in [-0.05, 0) is 39.7 Å². The van der Waals surface area contributed by atoms with E-state index in [1.165, 1.54) is 0 Å². The maximum Gasteiger partial charge on any atom is 0.410 e. The van der Waals surface area contributed by atoms with Gasteiger partial charge in [0.15, 0.2) is 0 Å². The van der Waals surface area contributed by atoms with Crippen molar-refractivity contribution in [1.29, 1.82) is 0 Å². The first-order valence-corrected chi connectivity index (χ1v) is 5.10. The highest BCUT2D eigenvalue weighted by molar-refractivity contribution is 5.85. The second kappa shape index (κ2) is 7.20. The van der Waals surface area contributed by atoms with Gasteiger partial charge < -0.3 is 15.4 Å². The van der Waals surface area contributed by atoms with Gasteiger partial charge in [-0.3, -0.25) is 0 Å². The number of hydrogen-bond donors (Lipinski definition) is 1. The third-order valence-electron chi connectivity index (χ3n) is 2.27. The fourth-order valence-electron chi connectivity index (χ4n) is 1.52. The molecule has 2 N–H and O–H groups in total. The molecule has 1 saturated heterocycles. The molecule has 1 amide bonds. The molecule has 16 heavy (non-hydrogen) atoms. The lowest BCUT2D eigenvalue weighted by Gasteiger charge is -2.24. The number of carbonyl (C=O) groups is 1. The molecule has 0 aromatic rings. The minimum absolute atomic E-state index is 0. The van der Waals surface area contributed by atoms with E-state index in [4.69, 9.17) is 10.5 Å². The molecule has 1 heterocycles. The lowest BCUT2D eigenvalue weighted by atomic mass is 10.1.